The Balaban J connectivity index is 1.88. The highest BCUT2D eigenvalue weighted by molar-refractivity contribution is 7.98. The molecule has 1 N–H and O–H groups in total. The molecule has 0 aliphatic heterocycles. The van der Waals surface area contributed by atoms with E-state index in [0.717, 1.165) is 23.1 Å². The fraction of sp³-hybridized carbons (Fsp3) is 0.312. The molecule has 2 rings (SSSR count). The summed E-state index contributed by atoms with van der Waals surface area (Å²) < 4.78 is 0.782. The van der Waals surface area contributed by atoms with Crippen molar-refractivity contribution in [1.82, 2.24) is 4.90 Å². The molecule has 1 amide bonds. The number of amides is 1. The van der Waals surface area contributed by atoms with Crippen LogP contribution in [0.25, 0.3) is 0 Å². The average molecular weight is 355 g/mol. The number of carbonyl (C=O) groups is 1. The monoisotopic (exact) mass is 354 g/mol. The van der Waals surface area contributed by atoms with Crippen LogP contribution in [0.4, 0.5) is 5.69 Å². The molecule has 0 atom stereocenters. The van der Waals surface area contributed by atoms with E-state index in [1.54, 1.807) is 23.1 Å². The van der Waals surface area contributed by atoms with Crippen LogP contribution in [0.15, 0.2) is 41.3 Å². The predicted molar refractivity (Wildman–Crippen MR) is 97.1 cm³/mol. The Morgan fingerprint density at radius 3 is 2.55 bits per heavy atom. The lowest BCUT2D eigenvalue weighted by molar-refractivity contribution is -0.117. The average Bonchev–Trinajstić information content (AvgIpc) is 2.92. The number of nitrogens with zero attached hydrogens (tertiary/aromatic N) is 1. The van der Waals surface area contributed by atoms with E-state index in [1.165, 1.54) is 9.77 Å². The van der Waals surface area contributed by atoms with Gasteiger partial charge in [0, 0.05) is 22.0 Å². The fourth-order valence-electron chi connectivity index (χ4n) is 2.01. The standard InChI is InChI=1S/C16H19ClN2OS2/c1-3-19(10-14-8-9-15(17)22-14)11-16(20)18-12-4-6-13(21-2)7-5-12/h4-9H,3,10-11H2,1-2H3,(H,18,20). The molecule has 22 heavy (non-hydrogen) atoms. The third kappa shape index (κ3) is 5.32. The van der Waals surface area contributed by atoms with E-state index >= 15 is 0 Å². The van der Waals surface area contributed by atoms with E-state index in [2.05, 4.69) is 17.1 Å². The number of thiophene rings is 1. The smallest absolute Gasteiger partial charge is 0.238 e. The zero-order chi connectivity index (χ0) is 15.9. The lowest BCUT2D eigenvalue weighted by atomic mass is 10.3. The van der Waals surface area contributed by atoms with E-state index in [1.807, 2.05) is 42.7 Å². The van der Waals surface area contributed by atoms with Crippen LogP contribution < -0.4 is 5.32 Å². The topological polar surface area (TPSA) is 32.3 Å². The number of rotatable bonds is 7. The summed E-state index contributed by atoms with van der Waals surface area (Å²) in [7, 11) is 0. The summed E-state index contributed by atoms with van der Waals surface area (Å²) in [4.78, 5) is 16.6. The summed E-state index contributed by atoms with van der Waals surface area (Å²) >= 11 is 9.18. The van der Waals surface area contributed by atoms with E-state index < -0.39 is 0 Å². The van der Waals surface area contributed by atoms with Gasteiger partial charge in [-0.2, -0.15) is 0 Å². The lowest BCUT2D eigenvalue weighted by Crippen LogP contribution is -2.32. The van der Waals surface area contributed by atoms with Crippen molar-refractivity contribution in [3.63, 3.8) is 0 Å². The molecular weight excluding hydrogens is 336 g/mol. The van der Waals surface area contributed by atoms with Crippen molar-refractivity contribution >= 4 is 46.3 Å². The molecule has 0 unspecified atom stereocenters. The van der Waals surface area contributed by atoms with Gasteiger partial charge >= 0.3 is 0 Å². The van der Waals surface area contributed by atoms with Crippen molar-refractivity contribution in [3.05, 3.63) is 45.6 Å². The second kappa shape index (κ2) is 8.58. The van der Waals surface area contributed by atoms with Gasteiger partial charge in [0.25, 0.3) is 0 Å². The number of anilines is 1. The van der Waals surface area contributed by atoms with Gasteiger partial charge in [-0.1, -0.05) is 18.5 Å². The molecule has 0 radical (unpaired) electrons. The van der Waals surface area contributed by atoms with Gasteiger partial charge in [0.1, 0.15) is 0 Å². The maximum Gasteiger partial charge on any atom is 0.238 e. The van der Waals surface area contributed by atoms with Crippen LogP contribution in [-0.4, -0.2) is 30.2 Å². The van der Waals surface area contributed by atoms with E-state index in [9.17, 15) is 4.79 Å². The van der Waals surface area contributed by atoms with Gasteiger partial charge in [0.2, 0.25) is 5.91 Å². The summed E-state index contributed by atoms with van der Waals surface area (Å²) in [5.41, 5.74) is 0.832. The number of nitrogens with one attached hydrogen (secondary N) is 1. The van der Waals surface area contributed by atoms with Gasteiger partial charge in [0.05, 0.1) is 10.9 Å². The Bertz CT molecular complexity index is 613. The maximum absolute atomic E-state index is 12.2. The largest absolute Gasteiger partial charge is 0.325 e. The number of thioether (sulfide) groups is 1. The van der Waals surface area contributed by atoms with Crippen LogP contribution in [-0.2, 0) is 11.3 Å². The van der Waals surface area contributed by atoms with E-state index in [-0.39, 0.29) is 5.91 Å². The van der Waals surface area contributed by atoms with Crippen molar-refractivity contribution in [2.45, 2.75) is 18.4 Å². The highest BCUT2D eigenvalue weighted by Gasteiger charge is 2.11. The molecular formula is C16H19ClN2OS2. The number of benzene rings is 1. The van der Waals surface area contributed by atoms with Crippen molar-refractivity contribution in [1.29, 1.82) is 0 Å². The zero-order valence-corrected chi connectivity index (χ0v) is 15.0. The molecule has 2 aromatic rings. The van der Waals surface area contributed by atoms with Crippen LogP contribution >= 0.6 is 34.7 Å². The molecule has 118 valence electrons. The second-order valence-electron chi connectivity index (χ2n) is 4.79. The minimum absolute atomic E-state index is 0.00130. The first-order valence-corrected chi connectivity index (χ1v) is 9.43. The second-order valence-corrected chi connectivity index (χ2v) is 7.47. The molecule has 0 saturated carbocycles. The van der Waals surface area contributed by atoms with Gasteiger partial charge in [-0.15, -0.1) is 23.1 Å². The first-order chi connectivity index (χ1) is 10.6. The Hall–Kier alpha value is -1.01. The number of hydrogen-bond donors (Lipinski definition) is 1. The number of halogens is 1. The first-order valence-electron chi connectivity index (χ1n) is 7.01. The summed E-state index contributed by atoms with van der Waals surface area (Å²) in [6.07, 6.45) is 2.03. The number of carbonyl (C=O) groups excluding carboxylic acids is 1. The van der Waals surface area contributed by atoms with Crippen LogP contribution in [0, 0.1) is 0 Å². The molecule has 0 saturated heterocycles. The molecule has 1 heterocycles. The molecule has 0 fully saturated rings. The summed E-state index contributed by atoms with van der Waals surface area (Å²) in [6.45, 7) is 3.98. The quantitative estimate of drug-likeness (QED) is 0.738. The highest BCUT2D eigenvalue weighted by atomic mass is 35.5. The minimum atomic E-state index is 0.00130. The third-order valence-electron chi connectivity index (χ3n) is 3.20. The molecule has 0 aliphatic carbocycles. The molecule has 1 aromatic carbocycles. The number of hydrogen-bond acceptors (Lipinski definition) is 4. The predicted octanol–water partition coefficient (Wildman–Crippen LogP) is 4.58. The normalized spacial score (nSPS) is 10.9. The van der Waals surface area contributed by atoms with Gasteiger partial charge in [0.15, 0.2) is 0 Å². The minimum Gasteiger partial charge on any atom is -0.325 e. The SMILES string of the molecule is CCN(CC(=O)Nc1ccc(SC)cc1)Cc1ccc(Cl)s1. The third-order valence-corrected chi connectivity index (χ3v) is 5.16. The molecule has 6 heteroatoms. The van der Waals surface area contributed by atoms with Crippen molar-refractivity contribution in [2.24, 2.45) is 0 Å². The maximum atomic E-state index is 12.2. The van der Waals surface area contributed by atoms with Gasteiger partial charge < -0.3 is 5.32 Å². The van der Waals surface area contributed by atoms with Crippen molar-refractivity contribution < 1.29 is 4.79 Å². The van der Waals surface area contributed by atoms with Gasteiger partial charge in [-0.3, -0.25) is 9.69 Å². The lowest BCUT2D eigenvalue weighted by Gasteiger charge is -2.19. The Morgan fingerprint density at radius 2 is 2.00 bits per heavy atom. The highest BCUT2D eigenvalue weighted by Crippen LogP contribution is 2.22. The van der Waals surface area contributed by atoms with Gasteiger partial charge in [-0.05, 0) is 49.2 Å². The summed E-state index contributed by atoms with van der Waals surface area (Å²) in [5, 5.41) is 2.94. The van der Waals surface area contributed by atoms with Crippen LogP contribution in [0.3, 0.4) is 0 Å². The summed E-state index contributed by atoms with van der Waals surface area (Å²) in [6, 6.07) is 11.8. The van der Waals surface area contributed by atoms with Crippen LogP contribution in [0.1, 0.15) is 11.8 Å². The van der Waals surface area contributed by atoms with E-state index in [4.69, 9.17) is 11.6 Å². The van der Waals surface area contributed by atoms with Gasteiger partial charge in [-0.25, -0.2) is 0 Å². The molecule has 0 aliphatic rings. The van der Waals surface area contributed by atoms with Crippen molar-refractivity contribution in [2.75, 3.05) is 24.7 Å². The van der Waals surface area contributed by atoms with Crippen LogP contribution in [0.5, 0.6) is 0 Å². The Kier molecular flexibility index (Phi) is 6.76. The Morgan fingerprint density at radius 1 is 1.27 bits per heavy atom. The first kappa shape index (κ1) is 17.3. The molecule has 0 bridgehead atoms. The zero-order valence-electron chi connectivity index (χ0n) is 12.6. The molecule has 3 nitrogen and oxygen atoms in total. The fourth-order valence-corrected chi connectivity index (χ4v) is 3.55. The Labute approximate surface area is 144 Å². The molecule has 0 spiro atoms. The molecule has 1 aromatic heterocycles. The number of likely N-dealkylation sites (N-methyl/N-ethyl adjacent to an activating group) is 1. The van der Waals surface area contributed by atoms with Crippen molar-refractivity contribution in [3.8, 4) is 0 Å². The van der Waals surface area contributed by atoms with Crippen LogP contribution in [0.2, 0.25) is 4.34 Å². The summed E-state index contributed by atoms with van der Waals surface area (Å²) in [5.74, 6) is 0.00130. The van der Waals surface area contributed by atoms with E-state index in [0.29, 0.717) is 6.54 Å².